The molecule has 0 radical (unpaired) electrons. The number of hydrogen-bond donors (Lipinski definition) is 0. The third-order valence-electron chi connectivity index (χ3n) is 4.82. The number of carbonyl (C=O) groups excluding carboxylic acids is 1. The van der Waals surface area contributed by atoms with Crippen LogP contribution in [-0.4, -0.2) is 30.4 Å². The lowest BCUT2D eigenvalue weighted by Gasteiger charge is -2.38. The Morgan fingerprint density at radius 1 is 1.00 bits per heavy atom. The van der Waals surface area contributed by atoms with E-state index in [0.29, 0.717) is 15.9 Å². The number of methoxy groups -OCH3 is 1. The molecule has 6 heteroatoms. The molecule has 0 unspecified atom stereocenters. The first-order chi connectivity index (χ1) is 14.1. The van der Waals surface area contributed by atoms with Gasteiger partial charge in [0.25, 0.3) is 0 Å². The van der Waals surface area contributed by atoms with Crippen molar-refractivity contribution in [3.8, 4) is 0 Å². The first-order valence-electron chi connectivity index (χ1n) is 9.09. The summed E-state index contributed by atoms with van der Waals surface area (Å²) in [6.07, 6.45) is 0. The molecule has 3 aromatic rings. The topological polar surface area (TPSA) is 41.9 Å². The van der Waals surface area contributed by atoms with Crippen molar-refractivity contribution in [3.63, 3.8) is 0 Å². The summed E-state index contributed by atoms with van der Waals surface area (Å²) in [4.78, 5) is 19.1. The molecule has 0 aromatic heterocycles. The molecule has 1 aliphatic rings. The fourth-order valence-electron chi connectivity index (χ4n) is 3.54. The SMILES string of the molecule is COC(=O)CN1C(c2cccc(Cl)c2)=Nc2ccc(Cl)cc2[C@H]1c1ccccc1. The summed E-state index contributed by atoms with van der Waals surface area (Å²) in [5.74, 6) is 0.299. The van der Waals surface area contributed by atoms with Gasteiger partial charge in [-0.2, -0.15) is 0 Å². The van der Waals surface area contributed by atoms with Crippen LogP contribution in [0, 0.1) is 0 Å². The van der Waals surface area contributed by atoms with Crippen LogP contribution in [0.4, 0.5) is 5.69 Å². The molecule has 0 spiro atoms. The molecule has 0 saturated heterocycles. The molecule has 29 heavy (non-hydrogen) atoms. The lowest BCUT2D eigenvalue weighted by atomic mass is 9.93. The molecule has 3 aromatic carbocycles. The highest BCUT2D eigenvalue weighted by Gasteiger charge is 2.33. The highest BCUT2D eigenvalue weighted by molar-refractivity contribution is 6.31. The Bertz CT molecular complexity index is 1080. The zero-order valence-corrected chi connectivity index (χ0v) is 17.2. The number of ether oxygens (including phenoxy) is 1. The van der Waals surface area contributed by atoms with Crippen LogP contribution >= 0.6 is 23.2 Å². The molecule has 0 bridgehead atoms. The lowest BCUT2D eigenvalue weighted by molar-refractivity contribution is -0.141. The second kappa shape index (κ2) is 8.27. The van der Waals surface area contributed by atoms with Gasteiger partial charge in [-0.05, 0) is 35.9 Å². The van der Waals surface area contributed by atoms with Gasteiger partial charge >= 0.3 is 5.97 Å². The van der Waals surface area contributed by atoms with Crippen LogP contribution in [0.25, 0.3) is 0 Å². The number of nitrogens with zero attached hydrogens (tertiary/aromatic N) is 2. The van der Waals surface area contributed by atoms with Crippen molar-refractivity contribution < 1.29 is 9.53 Å². The first-order valence-corrected chi connectivity index (χ1v) is 9.85. The number of hydrogen-bond acceptors (Lipinski definition) is 4. The molecule has 1 atom stereocenters. The number of rotatable bonds is 4. The van der Waals surface area contributed by atoms with E-state index in [9.17, 15) is 4.79 Å². The van der Waals surface area contributed by atoms with E-state index < -0.39 is 0 Å². The van der Waals surface area contributed by atoms with Gasteiger partial charge in [-0.25, -0.2) is 4.99 Å². The predicted octanol–water partition coefficient (Wildman–Crippen LogP) is 5.65. The van der Waals surface area contributed by atoms with E-state index in [1.165, 1.54) is 7.11 Å². The molecule has 0 saturated carbocycles. The summed E-state index contributed by atoms with van der Waals surface area (Å²) >= 11 is 12.5. The van der Waals surface area contributed by atoms with Gasteiger partial charge in [0.15, 0.2) is 0 Å². The first kappa shape index (κ1) is 19.5. The zero-order valence-electron chi connectivity index (χ0n) is 15.7. The predicted molar refractivity (Wildman–Crippen MR) is 116 cm³/mol. The third kappa shape index (κ3) is 4.00. The van der Waals surface area contributed by atoms with Crippen molar-refractivity contribution in [2.45, 2.75) is 6.04 Å². The van der Waals surface area contributed by atoms with Crippen molar-refractivity contribution >= 4 is 40.7 Å². The Kier molecular flexibility index (Phi) is 5.56. The fourth-order valence-corrected chi connectivity index (χ4v) is 3.91. The zero-order chi connectivity index (χ0) is 20.4. The number of halogens is 2. The van der Waals surface area contributed by atoms with E-state index >= 15 is 0 Å². The minimum Gasteiger partial charge on any atom is -0.468 e. The van der Waals surface area contributed by atoms with Gasteiger partial charge in [-0.1, -0.05) is 65.7 Å². The molecular weight excluding hydrogens is 407 g/mol. The van der Waals surface area contributed by atoms with Crippen LogP contribution < -0.4 is 0 Å². The van der Waals surface area contributed by atoms with Crippen molar-refractivity contribution in [3.05, 3.63) is 99.5 Å². The number of benzene rings is 3. The minimum atomic E-state index is -0.355. The number of esters is 1. The van der Waals surface area contributed by atoms with Crippen LogP contribution in [0.1, 0.15) is 22.7 Å². The summed E-state index contributed by atoms with van der Waals surface area (Å²) in [6.45, 7) is 0.0351. The number of aliphatic imine (C=N–C) groups is 1. The maximum atomic E-state index is 12.3. The van der Waals surface area contributed by atoms with E-state index in [1.54, 1.807) is 0 Å². The molecule has 0 fully saturated rings. The molecular formula is C23H18Cl2N2O2. The number of amidine groups is 1. The maximum absolute atomic E-state index is 12.3. The molecule has 0 N–H and O–H groups in total. The number of carbonyl (C=O) groups is 1. The van der Waals surface area contributed by atoms with Gasteiger partial charge in [0, 0.05) is 21.2 Å². The molecule has 4 nitrogen and oxygen atoms in total. The monoisotopic (exact) mass is 424 g/mol. The van der Waals surface area contributed by atoms with Gasteiger partial charge < -0.3 is 9.64 Å². The number of fused-ring (bicyclic) bond motifs is 1. The van der Waals surface area contributed by atoms with Crippen LogP contribution in [0.2, 0.25) is 10.0 Å². The Morgan fingerprint density at radius 2 is 1.76 bits per heavy atom. The van der Waals surface area contributed by atoms with Gasteiger partial charge in [-0.15, -0.1) is 0 Å². The van der Waals surface area contributed by atoms with Gasteiger partial charge in [-0.3, -0.25) is 4.79 Å². The van der Waals surface area contributed by atoms with E-state index in [4.69, 9.17) is 32.9 Å². The van der Waals surface area contributed by atoms with Gasteiger partial charge in [0.1, 0.15) is 12.4 Å². The van der Waals surface area contributed by atoms with E-state index in [2.05, 4.69) is 0 Å². The second-order valence-electron chi connectivity index (χ2n) is 6.67. The Balaban J connectivity index is 1.95. The molecule has 1 aliphatic heterocycles. The molecule has 0 aliphatic carbocycles. The molecule has 146 valence electrons. The second-order valence-corrected chi connectivity index (χ2v) is 7.54. The standard InChI is InChI=1S/C23H18Cl2N2O2/c1-29-21(28)14-27-22(15-6-3-2-4-7-15)19-13-18(25)10-11-20(19)26-23(27)16-8-5-9-17(24)12-16/h2-13,22H,14H2,1H3/t22-/m1/s1. The van der Waals surface area contributed by atoms with Gasteiger partial charge in [0.05, 0.1) is 18.8 Å². The summed E-state index contributed by atoms with van der Waals surface area (Å²) in [5.41, 5.74) is 3.58. The highest BCUT2D eigenvalue weighted by Crippen LogP contribution is 2.41. The van der Waals surface area contributed by atoms with Crippen LogP contribution in [0.15, 0.2) is 77.8 Å². The third-order valence-corrected chi connectivity index (χ3v) is 5.29. The van der Waals surface area contributed by atoms with Crippen molar-refractivity contribution in [2.75, 3.05) is 13.7 Å². The summed E-state index contributed by atoms with van der Waals surface area (Å²) in [6, 6.07) is 22.8. The smallest absolute Gasteiger partial charge is 0.325 e. The Hall–Kier alpha value is -2.82. The minimum absolute atomic E-state index is 0.0351. The Morgan fingerprint density at radius 3 is 2.48 bits per heavy atom. The average molecular weight is 425 g/mol. The average Bonchev–Trinajstić information content (AvgIpc) is 2.73. The van der Waals surface area contributed by atoms with E-state index in [1.807, 2.05) is 77.7 Å². The highest BCUT2D eigenvalue weighted by atomic mass is 35.5. The normalized spacial score (nSPS) is 15.5. The summed E-state index contributed by atoms with van der Waals surface area (Å²) in [7, 11) is 1.38. The van der Waals surface area contributed by atoms with Crippen LogP contribution in [0.5, 0.6) is 0 Å². The molecule has 1 heterocycles. The summed E-state index contributed by atoms with van der Waals surface area (Å²) < 4.78 is 4.97. The van der Waals surface area contributed by atoms with Crippen LogP contribution in [-0.2, 0) is 9.53 Å². The fraction of sp³-hybridized carbons (Fsp3) is 0.130. The molecule has 4 rings (SSSR count). The van der Waals surface area contributed by atoms with Crippen molar-refractivity contribution in [1.29, 1.82) is 0 Å². The van der Waals surface area contributed by atoms with Gasteiger partial charge in [0.2, 0.25) is 0 Å². The summed E-state index contributed by atoms with van der Waals surface area (Å²) in [5, 5.41) is 1.21. The van der Waals surface area contributed by atoms with E-state index in [0.717, 1.165) is 22.4 Å². The van der Waals surface area contributed by atoms with E-state index in [-0.39, 0.29) is 18.6 Å². The van der Waals surface area contributed by atoms with Crippen LogP contribution in [0.3, 0.4) is 0 Å². The lowest BCUT2D eigenvalue weighted by Crippen LogP contribution is -2.42. The quantitative estimate of drug-likeness (QED) is 0.508. The largest absolute Gasteiger partial charge is 0.468 e. The maximum Gasteiger partial charge on any atom is 0.325 e. The Labute approximate surface area is 179 Å². The van der Waals surface area contributed by atoms with Crippen molar-refractivity contribution in [1.82, 2.24) is 4.90 Å². The van der Waals surface area contributed by atoms with Crippen molar-refractivity contribution in [2.24, 2.45) is 4.99 Å². The molecule has 0 amide bonds.